The Morgan fingerprint density at radius 1 is 0.964 bits per heavy atom. The lowest BCUT2D eigenvalue weighted by molar-refractivity contribution is 0.304. The molecule has 140 valence electrons. The number of hydrogen-bond acceptors (Lipinski definition) is 3. The highest BCUT2D eigenvalue weighted by Crippen LogP contribution is 2.34. The molecular weight excluding hydrogens is 372 g/mol. The summed E-state index contributed by atoms with van der Waals surface area (Å²) in [5.41, 5.74) is 3.73. The fraction of sp³-hybridized carbons (Fsp3) is 0.0870. The van der Waals surface area contributed by atoms with E-state index in [1.54, 1.807) is 7.11 Å². The van der Waals surface area contributed by atoms with E-state index in [0.717, 1.165) is 34.0 Å². The van der Waals surface area contributed by atoms with E-state index in [4.69, 9.17) is 21.1 Å². The van der Waals surface area contributed by atoms with Gasteiger partial charge in [0.25, 0.3) is 0 Å². The van der Waals surface area contributed by atoms with Gasteiger partial charge in [-0.05, 0) is 29.8 Å². The first-order valence-corrected chi connectivity index (χ1v) is 9.27. The van der Waals surface area contributed by atoms with E-state index in [2.05, 4.69) is 9.97 Å². The lowest BCUT2D eigenvalue weighted by Crippen LogP contribution is -1.96. The van der Waals surface area contributed by atoms with E-state index >= 15 is 0 Å². The van der Waals surface area contributed by atoms with Crippen LogP contribution in [0.15, 0.2) is 79.0 Å². The number of aromatic nitrogens is 2. The molecule has 1 N–H and O–H groups in total. The summed E-state index contributed by atoms with van der Waals surface area (Å²) in [6.07, 6.45) is 1.86. The highest BCUT2D eigenvalue weighted by atomic mass is 35.5. The number of imidazole rings is 1. The first-order valence-electron chi connectivity index (χ1n) is 8.89. The zero-order valence-electron chi connectivity index (χ0n) is 15.4. The van der Waals surface area contributed by atoms with Crippen molar-refractivity contribution in [1.29, 1.82) is 0 Å². The normalized spacial score (nSPS) is 10.6. The van der Waals surface area contributed by atoms with Gasteiger partial charge in [0.05, 0.1) is 12.8 Å². The van der Waals surface area contributed by atoms with E-state index in [-0.39, 0.29) is 0 Å². The van der Waals surface area contributed by atoms with Crippen LogP contribution in [0, 0.1) is 0 Å². The summed E-state index contributed by atoms with van der Waals surface area (Å²) in [4.78, 5) is 7.89. The third-order valence-corrected chi connectivity index (χ3v) is 4.61. The number of aromatic amines is 1. The van der Waals surface area contributed by atoms with Crippen molar-refractivity contribution in [3.8, 4) is 34.1 Å². The van der Waals surface area contributed by atoms with Crippen molar-refractivity contribution in [3.05, 3.63) is 89.6 Å². The first kappa shape index (κ1) is 18.1. The third kappa shape index (κ3) is 4.02. The van der Waals surface area contributed by atoms with Crippen molar-refractivity contribution in [2.24, 2.45) is 0 Å². The van der Waals surface area contributed by atoms with Gasteiger partial charge in [0, 0.05) is 28.4 Å². The summed E-state index contributed by atoms with van der Waals surface area (Å²) < 4.78 is 11.5. The molecule has 0 spiro atoms. The van der Waals surface area contributed by atoms with Crippen LogP contribution in [0.25, 0.3) is 22.6 Å². The summed E-state index contributed by atoms with van der Waals surface area (Å²) in [5.74, 6) is 2.20. The summed E-state index contributed by atoms with van der Waals surface area (Å²) in [5, 5.41) is 0.674. The Morgan fingerprint density at radius 2 is 1.82 bits per heavy atom. The minimum Gasteiger partial charge on any atom is -0.496 e. The summed E-state index contributed by atoms with van der Waals surface area (Å²) in [6, 6.07) is 23.4. The maximum absolute atomic E-state index is 6.08. The Hall–Kier alpha value is -3.24. The molecular formula is C23H19ClN2O2. The maximum atomic E-state index is 6.08. The molecule has 1 aromatic heterocycles. The number of ether oxygens (including phenoxy) is 2. The second-order valence-corrected chi connectivity index (χ2v) is 6.72. The molecule has 0 saturated carbocycles. The number of H-pyrrole nitrogens is 1. The van der Waals surface area contributed by atoms with Crippen LogP contribution in [0.4, 0.5) is 0 Å². The molecule has 0 fully saturated rings. The number of benzene rings is 3. The molecule has 0 aliphatic heterocycles. The van der Waals surface area contributed by atoms with Gasteiger partial charge in [-0.2, -0.15) is 0 Å². The molecule has 0 bridgehead atoms. The van der Waals surface area contributed by atoms with Gasteiger partial charge in [0.2, 0.25) is 0 Å². The topological polar surface area (TPSA) is 47.1 Å². The summed E-state index contributed by atoms with van der Waals surface area (Å²) in [7, 11) is 1.64. The van der Waals surface area contributed by atoms with Gasteiger partial charge in [0.15, 0.2) is 0 Å². The van der Waals surface area contributed by atoms with Gasteiger partial charge in [-0.15, -0.1) is 0 Å². The van der Waals surface area contributed by atoms with Gasteiger partial charge in [-0.25, -0.2) is 4.98 Å². The Morgan fingerprint density at radius 3 is 2.61 bits per heavy atom. The summed E-state index contributed by atoms with van der Waals surface area (Å²) >= 11 is 6.08. The lowest BCUT2D eigenvalue weighted by atomic mass is 10.1. The Kier molecular flexibility index (Phi) is 5.31. The number of halogens is 1. The molecule has 1 heterocycles. The zero-order valence-corrected chi connectivity index (χ0v) is 16.1. The van der Waals surface area contributed by atoms with Crippen LogP contribution in [-0.2, 0) is 6.61 Å². The largest absolute Gasteiger partial charge is 0.496 e. The molecule has 4 aromatic rings. The zero-order chi connectivity index (χ0) is 19.3. The highest BCUT2D eigenvalue weighted by Gasteiger charge is 2.12. The first-order chi connectivity index (χ1) is 13.7. The minimum absolute atomic E-state index is 0.505. The standard InChI is InChI=1S/C23H19ClN2O2/c1-27-22-13-19(28-15-16-6-3-2-4-7-16)10-11-20(22)21-14-25-23(26-21)17-8-5-9-18(24)12-17/h2-14H,15H2,1H3,(H,25,26). The second-order valence-electron chi connectivity index (χ2n) is 6.28. The van der Waals surface area contributed by atoms with E-state index in [0.29, 0.717) is 17.4 Å². The predicted octanol–water partition coefficient (Wildman–Crippen LogP) is 5.98. The van der Waals surface area contributed by atoms with Crippen LogP contribution in [-0.4, -0.2) is 17.1 Å². The van der Waals surface area contributed by atoms with Crippen LogP contribution in [0.3, 0.4) is 0 Å². The molecule has 5 heteroatoms. The Labute approximate surface area is 168 Å². The number of methoxy groups -OCH3 is 1. The van der Waals surface area contributed by atoms with Gasteiger partial charge in [-0.1, -0.05) is 54.1 Å². The molecule has 4 nitrogen and oxygen atoms in total. The monoisotopic (exact) mass is 390 g/mol. The average molecular weight is 391 g/mol. The molecule has 0 atom stereocenters. The SMILES string of the molecule is COc1cc(OCc2ccccc2)ccc1-c1c[nH]c(-c2cccc(Cl)c2)n1. The van der Waals surface area contributed by atoms with Crippen molar-refractivity contribution in [1.82, 2.24) is 9.97 Å². The predicted molar refractivity (Wildman–Crippen MR) is 112 cm³/mol. The van der Waals surface area contributed by atoms with Gasteiger partial charge >= 0.3 is 0 Å². The number of hydrogen-bond donors (Lipinski definition) is 1. The van der Waals surface area contributed by atoms with Gasteiger partial charge in [0.1, 0.15) is 23.9 Å². The maximum Gasteiger partial charge on any atom is 0.138 e. The van der Waals surface area contributed by atoms with Crippen LogP contribution in [0.1, 0.15) is 5.56 Å². The molecule has 3 aromatic carbocycles. The molecule has 0 saturated heterocycles. The minimum atomic E-state index is 0.505. The molecule has 0 unspecified atom stereocenters. The van der Waals surface area contributed by atoms with Crippen LogP contribution in [0.2, 0.25) is 5.02 Å². The van der Waals surface area contributed by atoms with E-state index < -0.39 is 0 Å². The smallest absolute Gasteiger partial charge is 0.138 e. The van der Waals surface area contributed by atoms with Crippen molar-refractivity contribution >= 4 is 11.6 Å². The van der Waals surface area contributed by atoms with Gasteiger partial charge in [-0.3, -0.25) is 0 Å². The lowest BCUT2D eigenvalue weighted by Gasteiger charge is -2.11. The Balaban J connectivity index is 1.56. The van der Waals surface area contributed by atoms with Crippen LogP contribution < -0.4 is 9.47 Å². The molecule has 0 radical (unpaired) electrons. The van der Waals surface area contributed by atoms with Crippen molar-refractivity contribution < 1.29 is 9.47 Å². The number of nitrogens with one attached hydrogen (secondary N) is 1. The summed E-state index contributed by atoms with van der Waals surface area (Å²) in [6.45, 7) is 0.505. The molecule has 4 rings (SSSR count). The molecule has 0 aliphatic rings. The van der Waals surface area contributed by atoms with E-state index in [1.807, 2.05) is 79.0 Å². The van der Waals surface area contributed by atoms with E-state index in [1.165, 1.54) is 0 Å². The Bertz CT molecular complexity index is 1080. The van der Waals surface area contributed by atoms with Crippen molar-refractivity contribution in [2.75, 3.05) is 7.11 Å². The molecule has 28 heavy (non-hydrogen) atoms. The highest BCUT2D eigenvalue weighted by molar-refractivity contribution is 6.30. The fourth-order valence-electron chi connectivity index (χ4n) is 2.96. The van der Waals surface area contributed by atoms with Gasteiger partial charge < -0.3 is 14.5 Å². The third-order valence-electron chi connectivity index (χ3n) is 4.37. The van der Waals surface area contributed by atoms with E-state index in [9.17, 15) is 0 Å². The average Bonchev–Trinajstić information content (AvgIpc) is 3.23. The van der Waals surface area contributed by atoms with Crippen LogP contribution >= 0.6 is 11.6 Å². The van der Waals surface area contributed by atoms with Crippen molar-refractivity contribution in [2.45, 2.75) is 6.61 Å². The number of nitrogens with zero attached hydrogens (tertiary/aromatic N) is 1. The number of rotatable bonds is 6. The molecule has 0 amide bonds. The molecule has 0 aliphatic carbocycles. The van der Waals surface area contributed by atoms with Crippen molar-refractivity contribution in [3.63, 3.8) is 0 Å². The van der Waals surface area contributed by atoms with Crippen LogP contribution in [0.5, 0.6) is 11.5 Å². The quantitative estimate of drug-likeness (QED) is 0.440. The second kappa shape index (κ2) is 8.19. The fourth-order valence-corrected chi connectivity index (χ4v) is 3.15.